The Morgan fingerprint density at radius 2 is 2.12 bits per heavy atom. The van der Waals surface area contributed by atoms with Crippen molar-refractivity contribution >= 4 is 27.5 Å². The van der Waals surface area contributed by atoms with Crippen molar-refractivity contribution in [1.29, 1.82) is 0 Å². The van der Waals surface area contributed by atoms with Gasteiger partial charge in [-0.05, 0) is 52.7 Å². The van der Waals surface area contributed by atoms with Gasteiger partial charge in [0.1, 0.15) is 11.6 Å². The molecule has 2 rings (SSSR count). The normalized spacial score (nSPS) is 25.1. The molecule has 0 saturated carbocycles. The first-order valence-corrected chi connectivity index (χ1v) is 6.54. The Morgan fingerprint density at radius 1 is 1.44 bits per heavy atom. The summed E-state index contributed by atoms with van der Waals surface area (Å²) in [5.41, 5.74) is 0.794. The van der Waals surface area contributed by atoms with E-state index in [1.165, 1.54) is 6.07 Å². The Kier molecular flexibility index (Phi) is 3.55. The molecule has 1 aromatic carbocycles. The number of alkyl halides is 1. The molecule has 1 aromatic rings. The van der Waals surface area contributed by atoms with Crippen LogP contribution in [0.4, 0.5) is 8.78 Å². The quantitative estimate of drug-likeness (QED) is 0.360. The second kappa shape index (κ2) is 4.61. The highest BCUT2D eigenvalue weighted by atomic mass is 79.9. The maximum absolute atomic E-state index is 13.9. The molecule has 0 aliphatic heterocycles. The molecule has 0 radical (unpaired) electrons. The molecule has 0 heterocycles. The van der Waals surface area contributed by atoms with Crippen LogP contribution in [-0.2, 0) is 6.42 Å². The second-order valence-electron chi connectivity index (χ2n) is 4.39. The topological polar surface area (TPSA) is 0 Å². The van der Waals surface area contributed by atoms with Crippen LogP contribution in [-0.4, -0.2) is 0 Å². The van der Waals surface area contributed by atoms with Gasteiger partial charge >= 0.3 is 0 Å². The van der Waals surface area contributed by atoms with Crippen LogP contribution >= 0.6 is 27.5 Å². The molecule has 88 valence electrons. The largest absolute Gasteiger partial charge is 0.207 e. The van der Waals surface area contributed by atoms with Crippen LogP contribution in [0.2, 0.25) is 0 Å². The van der Waals surface area contributed by atoms with Gasteiger partial charge in [-0.3, -0.25) is 0 Å². The zero-order chi connectivity index (χ0) is 11.9. The first-order valence-electron chi connectivity index (χ1n) is 5.31. The number of benzene rings is 1. The Balaban J connectivity index is 2.59. The Bertz CT molecular complexity index is 420. The van der Waals surface area contributed by atoms with E-state index in [0.717, 1.165) is 6.42 Å². The Morgan fingerprint density at radius 3 is 2.81 bits per heavy atom. The molecule has 1 aliphatic rings. The molecule has 2 atom stereocenters. The van der Waals surface area contributed by atoms with E-state index in [0.29, 0.717) is 29.9 Å². The van der Waals surface area contributed by atoms with E-state index in [1.54, 1.807) is 0 Å². The van der Waals surface area contributed by atoms with Crippen LogP contribution in [0.3, 0.4) is 0 Å². The van der Waals surface area contributed by atoms with Gasteiger partial charge in [0.15, 0.2) is 0 Å². The number of halogens is 4. The molecule has 0 bridgehead atoms. The number of fused-ring (bicyclic) bond motifs is 1. The smallest absolute Gasteiger partial charge is 0.142 e. The average Bonchev–Trinajstić information content (AvgIpc) is 2.34. The second-order valence-corrected chi connectivity index (χ2v) is 5.77. The summed E-state index contributed by atoms with van der Waals surface area (Å²) < 4.78 is 27.8. The summed E-state index contributed by atoms with van der Waals surface area (Å²) in [4.78, 5) is 0. The third-order valence-corrected chi connectivity index (χ3v) is 4.10. The maximum Gasteiger partial charge on any atom is 0.142 e. The third-order valence-electron chi connectivity index (χ3n) is 3.12. The van der Waals surface area contributed by atoms with E-state index < -0.39 is 11.2 Å². The van der Waals surface area contributed by atoms with Gasteiger partial charge < -0.3 is 0 Å². The van der Waals surface area contributed by atoms with E-state index in [2.05, 4.69) is 22.9 Å². The summed E-state index contributed by atoms with van der Waals surface area (Å²) in [6.07, 6.45) is 2.12. The lowest BCUT2D eigenvalue weighted by atomic mass is 10.0. The monoisotopic (exact) mass is 308 g/mol. The summed E-state index contributed by atoms with van der Waals surface area (Å²) >= 11 is 9.19. The molecule has 4 heteroatoms. The molecule has 0 saturated heterocycles. The van der Waals surface area contributed by atoms with Gasteiger partial charge in [0, 0.05) is 5.56 Å². The van der Waals surface area contributed by atoms with Crippen LogP contribution in [0.15, 0.2) is 10.5 Å². The SMILES string of the molecule is CC1CCc2c(F)cc(Br)c(F)c2C(Cl)C1. The van der Waals surface area contributed by atoms with Crippen molar-refractivity contribution in [3.05, 3.63) is 33.3 Å². The highest BCUT2D eigenvalue weighted by Gasteiger charge is 2.27. The Labute approximate surface area is 107 Å². The molecule has 16 heavy (non-hydrogen) atoms. The van der Waals surface area contributed by atoms with Crippen LogP contribution < -0.4 is 0 Å². The highest BCUT2D eigenvalue weighted by molar-refractivity contribution is 9.10. The van der Waals surface area contributed by atoms with Crippen LogP contribution in [0, 0.1) is 17.6 Å². The Hall–Kier alpha value is -0.150. The standard InChI is InChI=1S/C12H12BrClF2/c1-6-2-3-7-10(15)5-8(13)12(16)11(7)9(14)4-6/h5-6,9H,2-4H2,1H3. The van der Waals surface area contributed by atoms with Crippen molar-refractivity contribution in [2.24, 2.45) is 5.92 Å². The van der Waals surface area contributed by atoms with Gasteiger partial charge in [-0.2, -0.15) is 0 Å². The van der Waals surface area contributed by atoms with Gasteiger partial charge in [-0.25, -0.2) is 8.78 Å². The van der Waals surface area contributed by atoms with Gasteiger partial charge in [-0.1, -0.05) is 6.92 Å². The number of hydrogen-bond donors (Lipinski definition) is 0. The van der Waals surface area contributed by atoms with E-state index in [4.69, 9.17) is 11.6 Å². The minimum Gasteiger partial charge on any atom is -0.207 e. The lowest BCUT2D eigenvalue weighted by Crippen LogP contribution is -2.03. The molecular weight excluding hydrogens is 297 g/mol. The fourth-order valence-corrected chi connectivity index (χ4v) is 3.16. The molecule has 0 N–H and O–H groups in total. The summed E-state index contributed by atoms with van der Waals surface area (Å²) in [5, 5.41) is -0.431. The molecule has 1 aliphatic carbocycles. The minimum absolute atomic E-state index is 0.156. The van der Waals surface area contributed by atoms with E-state index in [-0.39, 0.29) is 10.3 Å². The van der Waals surface area contributed by atoms with Crippen molar-refractivity contribution in [3.8, 4) is 0 Å². The van der Waals surface area contributed by atoms with Gasteiger partial charge in [-0.15, -0.1) is 11.6 Å². The van der Waals surface area contributed by atoms with Gasteiger partial charge in [0.2, 0.25) is 0 Å². The van der Waals surface area contributed by atoms with Crippen LogP contribution in [0.5, 0.6) is 0 Å². The molecular formula is C12H12BrClF2. The molecule has 0 amide bonds. The summed E-state index contributed by atoms with van der Waals surface area (Å²) in [6, 6.07) is 1.19. The van der Waals surface area contributed by atoms with Crippen LogP contribution in [0.1, 0.15) is 36.3 Å². The lowest BCUT2D eigenvalue weighted by Gasteiger charge is -2.14. The molecule has 0 fully saturated rings. The fourth-order valence-electron chi connectivity index (χ4n) is 2.21. The van der Waals surface area contributed by atoms with E-state index >= 15 is 0 Å². The average molecular weight is 310 g/mol. The first-order chi connectivity index (χ1) is 7.50. The number of hydrogen-bond acceptors (Lipinski definition) is 0. The molecule has 0 spiro atoms. The zero-order valence-corrected chi connectivity index (χ0v) is 11.2. The lowest BCUT2D eigenvalue weighted by molar-refractivity contribution is 0.497. The van der Waals surface area contributed by atoms with Crippen molar-refractivity contribution < 1.29 is 8.78 Å². The van der Waals surface area contributed by atoms with Gasteiger partial charge in [0.05, 0.1) is 9.85 Å². The number of rotatable bonds is 0. The van der Waals surface area contributed by atoms with Crippen molar-refractivity contribution in [3.63, 3.8) is 0 Å². The first kappa shape index (κ1) is 12.3. The minimum atomic E-state index is -0.431. The van der Waals surface area contributed by atoms with E-state index in [1.807, 2.05) is 0 Å². The molecule has 2 unspecified atom stereocenters. The zero-order valence-electron chi connectivity index (χ0n) is 8.87. The van der Waals surface area contributed by atoms with E-state index in [9.17, 15) is 8.78 Å². The third kappa shape index (κ3) is 2.12. The highest BCUT2D eigenvalue weighted by Crippen LogP contribution is 2.40. The van der Waals surface area contributed by atoms with Crippen molar-refractivity contribution in [2.45, 2.75) is 31.6 Å². The summed E-state index contributed by atoms with van der Waals surface area (Å²) in [5.74, 6) is -0.374. The maximum atomic E-state index is 13.9. The van der Waals surface area contributed by atoms with Crippen molar-refractivity contribution in [2.75, 3.05) is 0 Å². The van der Waals surface area contributed by atoms with Gasteiger partial charge in [0.25, 0.3) is 0 Å². The van der Waals surface area contributed by atoms with Crippen molar-refractivity contribution in [1.82, 2.24) is 0 Å². The fraction of sp³-hybridized carbons (Fsp3) is 0.500. The van der Waals surface area contributed by atoms with Crippen LogP contribution in [0.25, 0.3) is 0 Å². The molecule has 0 nitrogen and oxygen atoms in total. The summed E-state index contributed by atoms with van der Waals surface area (Å²) in [6.45, 7) is 2.06. The summed E-state index contributed by atoms with van der Waals surface area (Å²) in [7, 11) is 0. The molecule has 0 aromatic heterocycles. The predicted molar refractivity (Wildman–Crippen MR) is 64.8 cm³/mol. The predicted octanol–water partition coefficient (Wildman–Crippen LogP) is 4.98.